The third-order valence-electron chi connectivity index (χ3n) is 4.67. The summed E-state index contributed by atoms with van der Waals surface area (Å²) in [4.78, 5) is 23.0. The number of non-ortho nitro benzene ring substituents is 1. The van der Waals surface area contributed by atoms with Crippen LogP contribution in [-0.4, -0.2) is 35.6 Å². The topological polar surface area (TPSA) is 121 Å². The minimum Gasteiger partial charge on any atom is -0.346 e. The molecule has 0 bridgehead atoms. The molecule has 4 aromatic rings. The van der Waals surface area contributed by atoms with Crippen LogP contribution in [0, 0.1) is 10.1 Å². The normalized spacial score (nSPS) is 11.2. The van der Waals surface area contributed by atoms with E-state index in [-0.39, 0.29) is 24.2 Å². The molecule has 2 heterocycles. The highest BCUT2D eigenvalue weighted by Gasteiger charge is 2.15. The summed E-state index contributed by atoms with van der Waals surface area (Å²) in [5.74, 6) is -0.228. The molecule has 2 aromatic heterocycles. The van der Waals surface area contributed by atoms with Gasteiger partial charge in [0.25, 0.3) is 11.6 Å². The first-order valence-corrected chi connectivity index (χ1v) is 9.34. The van der Waals surface area contributed by atoms with Gasteiger partial charge in [-0.05, 0) is 38.1 Å². The number of carbonyl (C=O) groups is 1. The smallest absolute Gasteiger partial charge is 0.269 e. The molecule has 0 aliphatic heterocycles. The molecule has 1 amide bonds. The lowest BCUT2D eigenvalue weighted by Crippen LogP contribution is -2.23. The van der Waals surface area contributed by atoms with Crippen LogP contribution in [-0.2, 0) is 6.54 Å². The molecule has 1 N–H and O–H groups in total. The van der Waals surface area contributed by atoms with E-state index in [9.17, 15) is 14.9 Å². The van der Waals surface area contributed by atoms with Crippen molar-refractivity contribution < 1.29 is 9.72 Å². The Morgan fingerprint density at radius 2 is 1.97 bits per heavy atom. The summed E-state index contributed by atoms with van der Waals surface area (Å²) in [5, 5.41) is 26.9. The summed E-state index contributed by atoms with van der Waals surface area (Å²) in [6.45, 7) is 4.27. The Kier molecular flexibility index (Phi) is 4.97. The average molecular weight is 405 g/mol. The summed E-state index contributed by atoms with van der Waals surface area (Å²) in [7, 11) is 0. The van der Waals surface area contributed by atoms with Gasteiger partial charge in [0.1, 0.15) is 5.69 Å². The van der Waals surface area contributed by atoms with Crippen LogP contribution in [0.5, 0.6) is 0 Å². The fourth-order valence-electron chi connectivity index (χ4n) is 3.18. The molecule has 0 fully saturated rings. The minimum absolute atomic E-state index is 0.00122. The van der Waals surface area contributed by atoms with E-state index in [2.05, 4.69) is 20.7 Å². The Morgan fingerprint density at radius 3 is 2.67 bits per heavy atom. The van der Waals surface area contributed by atoms with E-state index in [1.54, 1.807) is 30.6 Å². The van der Waals surface area contributed by atoms with Crippen LogP contribution < -0.4 is 5.32 Å². The van der Waals surface area contributed by atoms with Crippen LogP contribution in [0.15, 0.2) is 54.9 Å². The Labute approximate surface area is 171 Å². The van der Waals surface area contributed by atoms with Crippen molar-refractivity contribution in [3.63, 3.8) is 0 Å². The second-order valence-corrected chi connectivity index (χ2v) is 7.03. The molecule has 152 valence electrons. The van der Waals surface area contributed by atoms with E-state index in [0.29, 0.717) is 16.9 Å². The van der Waals surface area contributed by atoms with Gasteiger partial charge in [-0.3, -0.25) is 19.6 Å². The Morgan fingerprint density at radius 1 is 1.20 bits per heavy atom. The van der Waals surface area contributed by atoms with Gasteiger partial charge in [-0.25, -0.2) is 4.68 Å². The zero-order valence-electron chi connectivity index (χ0n) is 16.4. The molecule has 0 radical (unpaired) electrons. The predicted molar refractivity (Wildman–Crippen MR) is 109 cm³/mol. The highest BCUT2D eigenvalue weighted by atomic mass is 16.6. The number of carbonyl (C=O) groups excluding carboxylic acids is 1. The van der Waals surface area contributed by atoms with Gasteiger partial charge < -0.3 is 5.32 Å². The molecule has 0 aliphatic carbocycles. The van der Waals surface area contributed by atoms with Crippen LogP contribution in [0.4, 0.5) is 5.69 Å². The predicted octanol–water partition coefficient (Wildman–Crippen LogP) is 3.04. The quantitative estimate of drug-likeness (QED) is 0.389. The van der Waals surface area contributed by atoms with E-state index in [0.717, 1.165) is 10.9 Å². The number of rotatable bonds is 6. The number of benzene rings is 2. The molecule has 10 heteroatoms. The first kappa shape index (κ1) is 19.2. The molecule has 30 heavy (non-hydrogen) atoms. The summed E-state index contributed by atoms with van der Waals surface area (Å²) in [6.07, 6.45) is 3.37. The first-order valence-electron chi connectivity index (χ1n) is 9.34. The summed E-state index contributed by atoms with van der Waals surface area (Å²) < 4.78 is 3.38. The van der Waals surface area contributed by atoms with Gasteiger partial charge in [-0.1, -0.05) is 11.3 Å². The minimum atomic E-state index is -0.461. The maximum Gasteiger partial charge on any atom is 0.269 e. The van der Waals surface area contributed by atoms with Crippen molar-refractivity contribution in [1.82, 2.24) is 30.1 Å². The zero-order chi connectivity index (χ0) is 21.3. The number of nitro benzene ring substituents is 1. The monoisotopic (exact) mass is 405 g/mol. The standard InChI is InChI=1S/C20H19N7O3/c1-13(2)26-19-5-3-4-17(18(19)11-22-26)20(28)21-10-14-12-25(24-23-14)15-6-8-16(9-7-15)27(29)30/h3-9,11-13H,10H2,1-2H3,(H,21,28). The van der Waals surface area contributed by atoms with Crippen molar-refractivity contribution in [2.75, 3.05) is 0 Å². The number of nitro groups is 1. The number of hydrogen-bond donors (Lipinski definition) is 1. The molecule has 10 nitrogen and oxygen atoms in total. The van der Waals surface area contributed by atoms with E-state index < -0.39 is 4.92 Å². The lowest BCUT2D eigenvalue weighted by atomic mass is 10.1. The van der Waals surface area contributed by atoms with Crippen LogP contribution in [0.2, 0.25) is 0 Å². The molecule has 4 rings (SSSR count). The van der Waals surface area contributed by atoms with Crippen LogP contribution in [0.3, 0.4) is 0 Å². The number of amides is 1. The van der Waals surface area contributed by atoms with E-state index >= 15 is 0 Å². The SMILES string of the molecule is CC(C)n1ncc2c(C(=O)NCc3cn(-c4ccc([N+](=O)[O-])cc4)nn3)cccc21. The van der Waals surface area contributed by atoms with Gasteiger partial charge >= 0.3 is 0 Å². The van der Waals surface area contributed by atoms with Gasteiger partial charge in [0.2, 0.25) is 0 Å². The van der Waals surface area contributed by atoms with Crippen molar-refractivity contribution in [1.29, 1.82) is 0 Å². The van der Waals surface area contributed by atoms with Crippen molar-refractivity contribution >= 4 is 22.5 Å². The second kappa shape index (κ2) is 7.74. The van der Waals surface area contributed by atoms with Crippen LogP contribution in [0.25, 0.3) is 16.6 Å². The summed E-state index contributed by atoms with van der Waals surface area (Å²) >= 11 is 0. The van der Waals surface area contributed by atoms with Gasteiger partial charge in [0, 0.05) is 23.6 Å². The second-order valence-electron chi connectivity index (χ2n) is 7.03. The van der Waals surface area contributed by atoms with Crippen molar-refractivity contribution in [2.45, 2.75) is 26.4 Å². The molecule has 0 unspecified atom stereocenters. The maximum absolute atomic E-state index is 12.7. The van der Waals surface area contributed by atoms with E-state index in [1.165, 1.54) is 16.8 Å². The van der Waals surface area contributed by atoms with E-state index in [4.69, 9.17) is 0 Å². The molecule has 0 saturated heterocycles. The third-order valence-corrected chi connectivity index (χ3v) is 4.67. The molecule has 0 spiro atoms. The fraction of sp³-hybridized carbons (Fsp3) is 0.200. The number of aromatic nitrogens is 5. The van der Waals surface area contributed by atoms with Gasteiger partial charge in [-0.2, -0.15) is 5.10 Å². The lowest BCUT2D eigenvalue weighted by Gasteiger charge is -2.08. The van der Waals surface area contributed by atoms with Crippen molar-refractivity contribution in [2.24, 2.45) is 0 Å². The van der Waals surface area contributed by atoms with Crippen molar-refractivity contribution in [3.05, 3.63) is 76.2 Å². The van der Waals surface area contributed by atoms with Gasteiger partial charge in [0.05, 0.1) is 40.6 Å². The van der Waals surface area contributed by atoms with Gasteiger partial charge in [0.15, 0.2) is 0 Å². The number of nitrogens with one attached hydrogen (secondary N) is 1. The maximum atomic E-state index is 12.7. The molecule has 0 aliphatic rings. The lowest BCUT2D eigenvalue weighted by molar-refractivity contribution is -0.384. The first-order chi connectivity index (χ1) is 14.4. The summed E-state index contributed by atoms with van der Waals surface area (Å²) in [6, 6.07) is 11.7. The molecule has 0 saturated carbocycles. The highest BCUT2D eigenvalue weighted by molar-refractivity contribution is 6.06. The Bertz CT molecular complexity index is 1220. The Hall–Kier alpha value is -4.08. The average Bonchev–Trinajstić information content (AvgIpc) is 3.39. The van der Waals surface area contributed by atoms with Crippen molar-refractivity contribution in [3.8, 4) is 5.69 Å². The highest BCUT2D eigenvalue weighted by Crippen LogP contribution is 2.21. The van der Waals surface area contributed by atoms with Crippen LogP contribution in [0.1, 0.15) is 35.9 Å². The number of fused-ring (bicyclic) bond motifs is 1. The fourth-order valence-corrected chi connectivity index (χ4v) is 3.18. The molecular formula is C20H19N7O3. The largest absolute Gasteiger partial charge is 0.346 e. The number of hydrogen-bond acceptors (Lipinski definition) is 6. The molecule has 2 aromatic carbocycles. The van der Waals surface area contributed by atoms with Crippen LogP contribution >= 0.6 is 0 Å². The molecular weight excluding hydrogens is 386 g/mol. The Balaban J connectivity index is 1.47. The number of nitrogens with zero attached hydrogens (tertiary/aromatic N) is 6. The summed E-state index contributed by atoms with van der Waals surface area (Å²) in [5.41, 5.74) is 2.65. The van der Waals surface area contributed by atoms with Gasteiger partial charge in [-0.15, -0.1) is 5.10 Å². The third kappa shape index (κ3) is 3.62. The van der Waals surface area contributed by atoms with E-state index in [1.807, 2.05) is 30.7 Å². The molecule has 0 atom stereocenters. The zero-order valence-corrected chi connectivity index (χ0v) is 16.4.